The Balaban J connectivity index is 1.69. The van der Waals surface area contributed by atoms with Crippen molar-refractivity contribution in [3.8, 4) is 0 Å². The van der Waals surface area contributed by atoms with Gasteiger partial charge < -0.3 is 10.2 Å². The standard InChI is InChI=1S/C16H19BrN2S/c1-12-10-13(19-7-2-3-8-19)4-5-15(12)18-11-16-14(17)6-9-20-16/h4-6,9-10,18H,2-3,7-8,11H2,1H3. The first-order valence-corrected chi connectivity index (χ1v) is 8.72. The van der Waals surface area contributed by atoms with Crippen LogP contribution >= 0.6 is 27.3 Å². The molecule has 1 saturated heterocycles. The summed E-state index contributed by atoms with van der Waals surface area (Å²) in [6, 6.07) is 8.86. The van der Waals surface area contributed by atoms with Crippen molar-refractivity contribution in [3.63, 3.8) is 0 Å². The van der Waals surface area contributed by atoms with Gasteiger partial charge in [0.2, 0.25) is 0 Å². The zero-order valence-corrected chi connectivity index (χ0v) is 14.1. The number of hydrogen-bond acceptors (Lipinski definition) is 3. The molecule has 3 rings (SSSR count). The summed E-state index contributed by atoms with van der Waals surface area (Å²) in [5, 5.41) is 5.65. The van der Waals surface area contributed by atoms with E-state index >= 15 is 0 Å². The van der Waals surface area contributed by atoms with Gasteiger partial charge in [0.25, 0.3) is 0 Å². The van der Waals surface area contributed by atoms with E-state index in [1.165, 1.54) is 52.2 Å². The van der Waals surface area contributed by atoms with Gasteiger partial charge in [0, 0.05) is 33.8 Å². The third-order valence-electron chi connectivity index (χ3n) is 3.81. The maximum Gasteiger partial charge on any atom is 0.0505 e. The van der Waals surface area contributed by atoms with Crippen molar-refractivity contribution in [2.45, 2.75) is 26.3 Å². The lowest BCUT2D eigenvalue weighted by molar-refractivity contribution is 0.949. The van der Waals surface area contributed by atoms with Crippen LogP contribution in [0.4, 0.5) is 11.4 Å². The average molecular weight is 351 g/mol. The fourth-order valence-electron chi connectivity index (χ4n) is 2.64. The zero-order valence-electron chi connectivity index (χ0n) is 11.7. The number of aryl methyl sites for hydroxylation is 1. The molecule has 2 nitrogen and oxygen atoms in total. The van der Waals surface area contributed by atoms with Crippen molar-refractivity contribution >= 4 is 38.6 Å². The number of rotatable bonds is 4. The van der Waals surface area contributed by atoms with Gasteiger partial charge in [-0.1, -0.05) is 0 Å². The zero-order chi connectivity index (χ0) is 13.9. The topological polar surface area (TPSA) is 15.3 Å². The second-order valence-electron chi connectivity index (χ2n) is 5.24. The van der Waals surface area contributed by atoms with Gasteiger partial charge >= 0.3 is 0 Å². The highest BCUT2D eigenvalue weighted by molar-refractivity contribution is 9.10. The Morgan fingerprint density at radius 1 is 1.25 bits per heavy atom. The van der Waals surface area contributed by atoms with Crippen molar-refractivity contribution in [1.29, 1.82) is 0 Å². The van der Waals surface area contributed by atoms with Crippen molar-refractivity contribution in [2.24, 2.45) is 0 Å². The number of benzene rings is 1. The van der Waals surface area contributed by atoms with Crippen LogP contribution in [0.3, 0.4) is 0 Å². The van der Waals surface area contributed by atoms with E-state index in [-0.39, 0.29) is 0 Å². The molecule has 2 heterocycles. The second-order valence-corrected chi connectivity index (χ2v) is 7.09. The SMILES string of the molecule is Cc1cc(N2CCCC2)ccc1NCc1sccc1Br. The summed E-state index contributed by atoms with van der Waals surface area (Å²) in [7, 11) is 0. The van der Waals surface area contributed by atoms with Crippen LogP contribution in [0.15, 0.2) is 34.1 Å². The minimum Gasteiger partial charge on any atom is -0.380 e. The first-order valence-electron chi connectivity index (χ1n) is 7.05. The fraction of sp³-hybridized carbons (Fsp3) is 0.375. The molecule has 0 spiro atoms. The molecule has 0 unspecified atom stereocenters. The van der Waals surface area contributed by atoms with E-state index in [0.717, 1.165) is 6.54 Å². The van der Waals surface area contributed by atoms with Crippen LogP contribution in [0.25, 0.3) is 0 Å². The quantitative estimate of drug-likeness (QED) is 0.831. The summed E-state index contributed by atoms with van der Waals surface area (Å²) in [6.45, 7) is 5.47. The minimum atomic E-state index is 0.877. The molecule has 1 aromatic carbocycles. The average Bonchev–Trinajstić information content (AvgIpc) is 3.09. The predicted octanol–water partition coefficient (Wildman–Crippen LogP) is 5.03. The molecule has 1 N–H and O–H groups in total. The Hall–Kier alpha value is -1.00. The van der Waals surface area contributed by atoms with Crippen molar-refractivity contribution in [1.82, 2.24) is 0 Å². The summed E-state index contributed by atoms with van der Waals surface area (Å²) in [6.07, 6.45) is 2.65. The Morgan fingerprint density at radius 2 is 2.05 bits per heavy atom. The lowest BCUT2D eigenvalue weighted by Crippen LogP contribution is -2.17. The van der Waals surface area contributed by atoms with Crippen LogP contribution in [-0.4, -0.2) is 13.1 Å². The molecule has 1 aliphatic heterocycles. The van der Waals surface area contributed by atoms with E-state index in [1.807, 2.05) is 0 Å². The number of nitrogens with one attached hydrogen (secondary N) is 1. The maximum atomic E-state index is 3.58. The van der Waals surface area contributed by atoms with Gasteiger partial charge in [-0.15, -0.1) is 11.3 Å². The van der Waals surface area contributed by atoms with Gasteiger partial charge in [0.1, 0.15) is 0 Å². The monoisotopic (exact) mass is 350 g/mol. The Morgan fingerprint density at radius 3 is 2.70 bits per heavy atom. The molecule has 1 aromatic heterocycles. The number of halogens is 1. The largest absolute Gasteiger partial charge is 0.380 e. The van der Waals surface area contributed by atoms with Gasteiger partial charge in [-0.25, -0.2) is 0 Å². The van der Waals surface area contributed by atoms with Crippen molar-refractivity contribution < 1.29 is 0 Å². The summed E-state index contributed by atoms with van der Waals surface area (Å²) in [4.78, 5) is 3.82. The molecule has 0 bridgehead atoms. The van der Waals surface area contributed by atoms with E-state index < -0.39 is 0 Å². The number of hydrogen-bond donors (Lipinski definition) is 1. The first-order chi connectivity index (χ1) is 9.74. The second kappa shape index (κ2) is 6.19. The molecule has 1 aliphatic rings. The number of thiophene rings is 1. The van der Waals surface area contributed by atoms with Crippen LogP contribution in [0.5, 0.6) is 0 Å². The smallest absolute Gasteiger partial charge is 0.0505 e. The molecule has 2 aromatic rings. The van der Waals surface area contributed by atoms with E-state index in [9.17, 15) is 0 Å². The molecular weight excluding hydrogens is 332 g/mol. The highest BCUT2D eigenvalue weighted by Gasteiger charge is 2.13. The highest BCUT2D eigenvalue weighted by Crippen LogP contribution is 2.27. The van der Waals surface area contributed by atoms with Crippen LogP contribution in [0, 0.1) is 6.92 Å². The number of anilines is 2. The summed E-state index contributed by atoms with van der Waals surface area (Å²) < 4.78 is 1.20. The molecule has 4 heteroatoms. The molecule has 0 aliphatic carbocycles. The molecule has 0 amide bonds. The molecular formula is C16H19BrN2S. The molecule has 20 heavy (non-hydrogen) atoms. The van der Waals surface area contributed by atoms with Gasteiger partial charge in [-0.2, -0.15) is 0 Å². The molecule has 0 saturated carbocycles. The lowest BCUT2D eigenvalue weighted by atomic mass is 10.1. The van der Waals surface area contributed by atoms with Crippen molar-refractivity contribution in [2.75, 3.05) is 23.3 Å². The Kier molecular flexibility index (Phi) is 4.32. The number of nitrogens with zero attached hydrogens (tertiary/aromatic N) is 1. The van der Waals surface area contributed by atoms with Crippen LogP contribution in [0.1, 0.15) is 23.3 Å². The highest BCUT2D eigenvalue weighted by atomic mass is 79.9. The van der Waals surface area contributed by atoms with Gasteiger partial charge in [0.15, 0.2) is 0 Å². The normalized spacial score (nSPS) is 14.8. The van der Waals surface area contributed by atoms with Gasteiger partial charge in [-0.05, 0) is 70.9 Å². The van der Waals surface area contributed by atoms with Crippen LogP contribution < -0.4 is 10.2 Å². The molecule has 0 atom stereocenters. The van der Waals surface area contributed by atoms with E-state index in [4.69, 9.17) is 0 Å². The van der Waals surface area contributed by atoms with E-state index in [0.29, 0.717) is 0 Å². The van der Waals surface area contributed by atoms with Gasteiger partial charge in [-0.3, -0.25) is 0 Å². The Bertz CT molecular complexity index is 588. The predicted molar refractivity (Wildman–Crippen MR) is 92.0 cm³/mol. The van der Waals surface area contributed by atoms with Crippen LogP contribution in [0.2, 0.25) is 0 Å². The first kappa shape index (κ1) is 14.0. The summed E-state index contributed by atoms with van der Waals surface area (Å²) >= 11 is 5.36. The summed E-state index contributed by atoms with van der Waals surface area (Å²) in [5.74, 6) is 0. The minimum absolute atomic E-state index is 0.877. The fourth-order valence-corrected chi connectivity index (χ4v) is 4.08. The van der Waals surface area contributed by atoms with E-state index in [1.54, 1.807) is 11.3 Å². The van der Waals surface area contributed by atoms with Crippen molar-refractivity contribution in [3.05, 3.63) is 44.6 Å². The molecule has 1 fully saturated rings. The van der Waals surface area contributed by atoms with Gasteiger partial charge in [0.05, 0.1) is 6.54 Å². The molecule has 0 radical (unpaired) electrons. The van der Waals surface area contributed by atoms with E-state index in [2.05, 4.69) is 62.7 Å². The Labute approximate surface area is 132 Å². The molecule has 106 valence electrons. The third-order valence-corrected chi connectivity index (χ3v) is 5.74. The lowest BCUT2D eigenvalue weighted by Gasteiger charge is -2.19. The summed E-state index contributed by atoms with van der Waals surface area (Å²) in [5.41, 5.74) is 3.91. The maximum absolute atomic E-state index is 3.58. The van der Waals surface area contributed by atoms with Crippen LogP contribution in [-0.2, 0) is 6.54 Å². The third kappa shape index (κ3) is 3.01.